The summed E-state index contributed by atoms with van der Waals surface area (Å²) in [4.78, 5) is 66.6. The number of anilines is 1. The lowest BCUT2D eigenvalue weighted by Gasteiger charge is -2.49. The van der Waals surface area contributed by atoms with Crippen LogP contribution in [0.1, 0.15) is 23.0 Å². The first-order valence-electron chi connectivity index (χ1n) is 12.3. The van der Waals surface area contributed by atoms with Crippen LogP contribution in [0.15, 0.2) is 54.0 Å². The number of benzene rings is 1. The average Bonchev–Trinajstić information content (AvgIpc) is 3.50. The molecule has 3 aromatic rings. The number of carboxylic acids is 1. The second kappa shape index (κ2) is 11.7. The third-order valence-corrected chi connectivity index (χ3v) is 7.55. The van der Waals surface area contributed by atoms with E-state index in [-0.39, 0.29) is 41.7 Å². The highest BCUT2D eigenvalue weighted by Gasteiger charge is 2.54. The Morgan fingerprint density at radius 2 is 1.95 bits per heavy atom. The number of carbonyl (C=O) groups excluding carboxylic acids is 4. The number of hydrogen-bond acceptors (Lipinski definition) is 12. The number of aliphatic carboxylic acids is 1. The van der Waals surface area contributed by atoms with E-state index < -0.39 is 52.6 Å². The van der Waals surface area contributed by atoms with Crippen molar-refractivity contribution in [3.63, 3.8) is 0 Å². The number of para-hydroxylation sites is 1. The van der Waals surface area contributed by atoms with Gasteiger partial charge >= 0.3 is 11.9 Å². The monoisotopic (exact) mass is 594 g/mol. The number of ether oxygens (including phenoxy) is 1. The predicted molar refractivity (Wildman–Crippen MR) is 143 cm³/mol. The summed E-state index contributed by atoms with van der Waals surface area (Å²) in [5.41, 5.74) is 0.210. The standard InChI is InChI=1S/C25H22N8O8S/c1-12(34)41-10-14-11-42-23-18(22(38)33(23)19(14)24(39)40)28-16(35)9-13-5-2-3-6-15(13)27-20(36)17-21(37)29-25(31-30-17)32-8-4-7-26-32/h2-8,18,23H,9-11H2,1H3,(H,27,36)(H,28,35)(H,39,40)(H,29,31,37)/t18?,23-/m1/s1. The highest BCUT2D eigenvalue weighted by Crippen LogP contribution is 2.40. The number of fused-ring (bicyclic) bond motifs is 1. The van der Waals surface area contributed by atoms with Gasteiger partial charge in [0.1, 0.15) is 23.7 Å². The molecule has 0 radical (unpaired) electrons. The molecule has 17 heteroatoms. The Kier molecular flexibility index (Phi) is 7.83. The van der Waals surface area contributed by atoms with Crippen molar-refractivity contribution in [2.75, 3.05) is 17.7 Å². The highest BCUT2D eigenvalue weighted by atomic mass is 32.2. The number of aromatic nitrogens is 5. The van der Waals surface area contributed by atoms with Crippen LogP contribution in [0.3, 0.4) is 0 Å². The van der Waals surface area contributed by atoms with E-state index in [0.717, 1.165) is 4.90 Å². The Balaban J connectivity index is 1.24. The number of thioether (sulfide) groups is 1. The van der Waals surface area contributed by atoms with Crippen LogP contribution >= 0.6 is 11.8 Å². The molecule has 1 fully saturated rings. The highest BCUT2D eigenvalue weighted by molar-refractivity contribution is 8.00. The van der Waals surface area contributed by atoms with Gasteiger partial charge in [0, 0.05) is 36.3 Å². The minimum absolute atomic E-state index is 0.0436. The summed E-state index contributed by atoms with van der Waals surface area (Å²) >= 11 is 1.24. The van der Waals surface area contributed by atoms with Gasteiger partial charge in [-0.1, -0.05) is 18.2 Å². The molecule has 1 aromatic carbocycles. The van der Waals surface area contributed by atoms with Crippen molar-refractivity contribution < 1.29 is 38.9 Å². The number of carbonyl (C=O) groups is 5. The van der Waals surface area contributed by atoms with E-state index in [9.17, 15) is 34.2 Å². The third kappa shape index (κ3) is 5.62. The molecule has 0 aliphatic carbocycles. The summed E-state index contributed by atoms with van der Waals surface area (Å²) < 4.78 is 6.17. The van der Waals surface area contributed by atoms with Crippen LogP contribution < -0.4 is 10.6 Å². The Morgan fingerprint density at radius 1 is 1.17 bits per heavy atom. The van der Waals surface area contributed by atoms with Crippen molar-refractivity contribution in [2.24, 2.45) is 0 Å². The lowest BCUT2D eigenvalue weighted by molar-refractivity contribution is -0.151. The van der Waals surface area contributed by atoms with Crippen LogP contribution in [0, 0.1) is 0 Å². The van der Waals surface area contributed by atoms with Gasteiger partial charge in [-0.3, -0.25) is 24.1 Å². The van der Waals surface area contributed by atoms with E-state index >= 15 is 0 Å². The molecule has 0 spiro atoms. The second-order valence-corrected chi connectivity index (χ2v) is 10.1. The molecule has 216 valence electrons. The Labute approximate surface area is 240 Å². The van der Waals surface area contributed by atoms with Gasteiger partial charge in [-0.2, -0.15) is 10.1 Å². The van der Waals surface area contributed by atoms with Gasteiger partial charge in [0.15, 0.2) is 0 Å². The molecule has 4 heterocycles. The molecule has 0 bridgehead atoms. The second-order valence-electron chi connectivity index (χ2n) is 9.02. The summed E-state index contributed by atoms with van der Waals surface area (Å²) in [5.74, 6) is -4.43. The Morgan fingerprint density at radius 3 is 2.64 bits per heavy atom. The van der Waals surface area contributed by atoms with Gasteiger partial charge in [0.25, 0.3) is 17.8 Å². The van der Waals surface area contributed by atoms with Gasteiger partial charge in [0.05, 0.1) is 6.42 Å². The molecule has 2 aromatic heterocycles. The fraction of sp³-hybridized carbons (Fsp3) is 0.240. The predicted octanol–water partition coefficient (Wildman–Crippen LogP) is -0.141. The van der Waals surface area contributed by atoms with Gasteiger partial charge in [0.2, 0.25) is 17.5 Å². The summed E-state index contributed by atoms with van der Waals surface area (Å²) in [6.07, 6.45) is 2.78. The fourth-order valence-corrected chi connectivity index (χ4v) is 5.63. The molecule has 42 heavy (non-hydrogen) atoms. The molecule has 2 aliphatic rings. The summed E-state index contributed by atoms with van der Waals surface area (Å²) in [6, 6.07) is 7.06. The first-order chi connectivity index (χ1) is 20.1. The van der Waals surface area contributed by atoms with Crippen LogP contribution in [-0.2, 0) is 30.3 Å². The van der Waals surface area contributed by atoms with Crippen LogP contribution in [0.25, 0.3) is 5.95 Å². The molecule has 16 nitrogen and oxygen atoms in total. The number of amides is 3. The minimum atomic E-state index is -1.34. The van der Waals surface area contributed by atoms with Crippen LogP contribution in [0.2, 0.25) is 0 Å². The first kappa shape index (κ1) is 28.2. The van der Waals surface area contributed by atoms with Crippen LogP contribution in [0.5, 0.6) is 5.88 Å². The molecule has 2 aliphatic heterocycles. The van der Waals surface area contributed by atoms with E-state index in [4.69, 9.17) is 4.74 Å². The lowest BCUT2D eigenvalue weighted by Crippen LogP contribution is -2.70. The summed E-state index contributed by atoms with van der Waals surface area (Å²) in [6.45, 7) is 0.938. The maximum absolute atomic E-state index is 12.9. The molecule has 1 saturated heterocycles. The zero-order chi connectivity index (χ0) is 30.0. The van der Waals surface area contributed by atoms with Crippen molar-refractivity contribution in [3.8, 4) is 11.8 Å². The Hall–Kier alpha value is -5.32. The van der Waals surface area contributed by atoms with Gasteiger partial charge in [-0.25, -0.2) is 9.48 Å². The topological polar surface area (TPSA) is 219 Å². The number of hydrogen-bond donors (Lipinski definition) is 4. The molecule has 2 atom stereocenters. The largest absolute Gasteiger partial charge is 0.491 e. The van der Waals surface area contributed by atoms with Gasteiger partial charge in [-0.15, -0.1) is 22.0 Å². The molecular weight excluding hydrogens is 572 g/mol. The molecule has 5 rings (SSSR count). The summed E-state index contributed by atoms with van der Waals surface area (Å²) in [5, 5.41) is 36.0. The number of nitrogens with zero attached hydrogens (tertiary/aromatic N) is 6. The molecule has 1 unspecified atom stereocenters. The number of rotatable bonds is 9. The SMILES string of the molecule is CC(=O)OCC1=C(C(=O)O)N2C(=O)C(NC(=O)Cc3ccccc3NC(=O)c3nnc(-n4cccn4)nc3O)[C@H]2SC1. The fourth-order valence-electron chi connectivity index (χ4n) is 4.30. The quantitative estimate of drug-likeness (QED) is 0.187. The molecular formula is C25H22N8O8S. The normalized spacial score (nSPS) is 17.6. The van der Waals surface area contributed by atoms with E-state index in [2.05, 4.69) is 30.9 Å². The van der Waals surface area contributed by atoms with E-state index in [1.165, 1.54) is 35.8 Å². The zero-order valence-corrected chi connectivity index (χ0v) is 22.6. The zero-order valence-electron chi connectivity index (χ0n) is 21.8. The van der Waals surface area contributed by atoms with Crippen molar-refractivity contribution in [2.45, 2.75) is 24.8 Å². The minimum Gasteiger partial charge on any atom is -0.491 e. The number of esters is 1. The van der Waals surface area contributed by atoms with Crippen molar-refractivity contribution in [1.29, 1.82) is 0 Å². The number of β-lactam (4-membered cyclic amide) rings is 1. The smallest absolute Gasteiger partial charge is 0.352 e. The maximum Gasteiger partial charge on any atom is 0.352 e. The average molecular weight is 595 g/mol. The van der Waals surface area contributed by atoms with E-state index in [1.807, 2.05) is 0 Å². The first-order valence-corrected chi connectivity index (χ1v) is 13.3. The molecule has 4 N–H and O–H groups in total. The van der Waals surface area contributed by atoms with Crippen molar-refractivity contribution in [1.82, 2.24) is 35.2 Å². The lowest BCUT2D eigenvalue weighted by atomic mass is 10.0. The Bertz CT molecular complexity index is 1630. The third-order valence-electron chi connectivity index (χ3n) is 6.21. The summed E-state index contributed by atoms with van der Waals surface area (Å²) in [7, 11) is 0. The van der Waals surface area contributed by atoms with Crippen LogP contribution in [0.4, 0.5) is 5.69 Å². The van der Waals surface area contributed by atoms with E-state index in [0.29, 0.717) is 5.56 Å². The molecule has 0 saturated carbocycles. The number of nitrogens with one attached hydrogen (secondary N) is 2. The van der Waals surface area contributed by atoms with Crippen molar-refractivity contribution >= 4 is 47.1 Å². The maximum atomic E-state index is 12.9. The molecule has 3 amide bonds. The van der Waals surface area contributed by atoms with E-state index in [1.54, 1.807) is 30.3 Å². The number of aromatic hydroxyl groups is 1. The van der Waals surface area contributed by atoms with Gasteiger partial charge in [-0.05, 0) is 17.7 Å². The van der Waals surface area contributed by atoms with Crippen LogP contribution in [-0.4, -0.2) is 93.5 Å². The van der Waals surface area contributed by atoms with Crippen molar-refractivity contribution in [3.05, 3.63) is 65.3 Å². The van der Waals surface area contributed by atoms with Gasteiger partial charge < -0.3 is 25.6 Å². The number of carboxylic acid groups (broad SMARTS) is 1.